The molecule has 2 aromatic rings. The normalized spacial score (nSPS) is 22.7. The molecule has 0 bridgehead atoms. The van der Waals surface area contributed by atoms with E-state index in [9.17, 15) is 13.6 Å². The topological polar surface area (TPSA) is 70.6 Å². The predicted octanol–water partition coefficient (Wildman–Crippen LogP) is 2.64. The molecule has 38 heavy (non-hydrogen) atoms. The Hall–Kier alpha value is -2.44. The van der Waals surface area contributed by atoms with Gasteiger partial charge in [-0.25, -0.2) is 8.78 Å². The molecule has 4 aliphatic rings. The van der Waals surface area contributed by atoms with Gasteiger partial charge in [-0.2, -0.15) is 0 Å². The van der Waals surface area contributed by atoms with Gasteiger partial charge in [-0.15, -0.1) is 0 Å². The molecular weight excluding hydrogens is 496 g/mol. The maximum absolute atomic E-state index is 14.4. The van der Waals surface area contributed by atoms with Crippen LogP contribution in [0.2, 0.25) is 0 Å². The van der Waals surface area contributed by atoms with Gasteiger partial charge in [-0.05, 0) is 18.9 Å². The van der Waals surface area contributed by atoms with Crippen LogP contribution in [0.1, 0.15) is 36.0 Å². The number of pyridine rings is 1. The molecule has 11 heteroatoms. The number of hydrogen-bond acceptors (Lipinski definition) is 8. The van der Waals surface area contributed by atoms with Gasteiger partial charge >= 0.3 is 0 Å². The Balaban J connectivity index is 1.18. The van der Waals surface area contributed by atoms with E-state index in [2.05, 4.69) is 19.7 Å². The summed E-state index contributed by atoms with van der Waals surface area (Å²) in [4.78, 5) is 26.5. The molecule has 6 rings (SSSR count). The Kier molecular flexibility index (Phi) is 7.45. The average molecular weight is 532 g/mol. The number of nitrogens with zero attached hydrogens (tertiary/aromatic N) is 5. The first-order valence-electron chi connectivity index (χ1n) is 13.6. The lowest BCUT2D eigenvalue weighted by Crippen LogP contribution is -2.50. The SMILES string of the molecule is O=C(c1cnc2cc(F)c(F)cc2c1N1CCC2(CC1)OCCO2)N1CCN(COCN2CCCC2)CC1. The summed E-state index contributed by atoms with van der Waals surface area (Å²) in [7, 11) is 0. The van der Waals surface area contributed by atoms with Crippen molar-refractivity contribution < 1.29 is 27.8 Å². The molecular formula is C27H35F2N5O4. The van der Waals surface area contributed by atoms with E-state index in [1.807, 2.05) is 4.90 Å². The van der Waals surface area contributed by atoms with Crippen LogP contribution in [0.5, 0.6) is 0 Å². The largest absolute Gasteiger partial charge is 0.370 e. The van der Waals surface area contributed by atoms with E-state index in [0.717, 1.165) is 25.2 Å². The van der Waals surface area contributed by atoms with Crippen LogP contribution >= 0.6 is 0 Å². The van der Waals surface area contributed by atoms with Gasteiger partial charge < -0.3 is 24.0 Å². The summed E-state index contributed by atoms with van der Waals surface area (Å²) in [6.45, 7) is 8.22. The second-order valence-electron chi connectivity index (χ2n) is 10.6. The van der Waals surface area contributed by atoms with E-state index >= 15 is 0 Å². The standard InChI is InChI=1S/C27H35F2N5O4/c28-22-15-20-24(16-23(22)29)30-17-21(25(20)33-7-3-27(4-8-33)37-13-14-38-27)26(35)34-11-9-32(10-12-34)19-36-18-31-5-1-2-6-31/h15-17H,1-14,18-19H2. The Morgan fingerprint density at radius 2 is 1.53 bits per heavy atom. The molecule has 5 heterocycles. The minimum atomic E-state index is -0.955. The number of hydrogen-bond donors (Lipinski definition) is 0. The van der Waals surface area contributed by atoms with Crippen molar-refractivity contribution in [2.75, 3.05) is 83.9 Å². The molecule has 1 aromatic carbocycles. The second kappa shape index (κ2) is 11.0. The fourth-order valence-electron chi connectivity index (χ4n) is 5.99. The van der Waals surface area contributed by atoms with Crippen LogP contribution in [0.25, 0.3) is 10.9 Å². The maximum Gasteiger partial charge on any atom is 0.257 e. The highest BCUT2D eigenvalue weighted by atomic mass is 19.2. The Morgan fingerprint density at radius 3 is 2.21 bits per heavy atom. The van der Waals surface area contributed by atoms with Crippen molar-refractivity contribution in [3.63, 3.8) is 0 Å². The van der Waals surface area contributed by atoms with E-state index in [1.165, 1.54) is 19.0 Å². The number of benzene rings is 1. The van der Waals surface area contributed by atoms with E-state index in [4.69, 9.17) is 14.2 Å². The van der Waals surface area contributed by atoms with Gasteiger partial charge in [0.2, 0.25) is 0 Å². The predicted molar refractivity (Wildman–Crippen MR) is 137 cm³/mol. The smallest absolute Gasteiger partial charge is 0.257 e. The van der Waals surface area contributed by atoms with E-state index in [1.54, 1.807) is 0 Å². The summed E-state index contributed by atoms with van der Waals surface area (Å²) in [6, 6.07) is 2.25. The zero-order valence-electron chi connectivity index (χ0n) is 21.7. The third-order valence-corrected chi connectivity index (χ3v) is 8.17. The van der Waals surface area contributed by atoms with Gasteiger partial charge in [0.05, 0.1) is 30.0 Å². The van der Waals surface area contributed by atoms with Crippen LogP contribution in [-0.4, -0.2) is 110 Å². The van der Waals surface area contributed by atoms with Gasteiger partial charge in [0.25, 0.3) is 5.91 Å². The zero-order chi connectivity index (χ0) is 26.1. The minimum absolute atomic E-state index is 0.148. The van der Waals surface area contributed by atoms with E-state index < -0.39 is 17.4 Å². The van der Waals surface area contributed by atoms with Crippen molar-refractivity contribution in [2.24, 2.45) is 0 Å². The number of halogens is 2. The fraction of sp³-hybridized carbons (Fsp3) is 0.630. The monoisotopic (exact) mass is 531 g/mol. The maximum atomic E-state index is 14.4. The molecule has 0 saturated carbocycles. The molecule has 4 saturated heterocycles. The summed E-state index contributed by atoms with van der Waals surface area (Å²) in [5.41, 5.74) is 1.33. The molecule has 206 valence electrons. The Morgan fingerprint density at radius 1 is 0.895 bits per heavy atom. The Bertz CT molecular complexity index is 1150. The van der Waals surface area contributed by atoms with Crippen LogP contribution in [0.3, 0.4) is 0 Å². The van der Waals surface area contributed by atoms with Crippen molar-refractivity contribution in [1.82, 2.24) is 19.7 Å². The van der Waals surface area contributed by atoms with Crippen LogP contribution in [-0.2, 0) is 14.2 Å². The number of rotatable bonds is 6. The summed E-state index contributed by atoms with van der Waals surface area (Å²) >= 11 is 0. The number of aromatic nitrogens is 1. The number of likely N-dealkylation sites (tertiary alicyclic amines) is 1. The van der Waals surface area contributed by atoms with E-state index in [0.29, 0.717) is 101 Å². The highest BCUT2D eigenvalue weighted by Gasteiger charge is 2.41. The average Bonchev–Trinajstić information content (AvgIpc) is 3.62. The van der Waals surface area contributed by atoms with Gasteiger partial charge in [-0.3, -0.25) is 19.6 Å². The number of carbonyl (C=O) groups is 1. The highest BCUT2D eigenvalue weighted by molar-refractivity contribution is 6.07. The van der Waals surface area contributed by atoms with Crippen LogP contribution in [0, 0.1) is 11.6 Å². The first-order chi connectivity index (χ1) is 18.5. The molecule has 0 radical (unpaired) electrons. The van der Waals surface area contributed by atoms with Gasteiger partial charge in [-0.1, -0.05) is 0 Å². The van der Waals surface area contributed by atoms with Crippen molar-refractivity contribution in [3.8, 4) is 0 Å². The molecule has 1 amide bonds. The molecule has 4 fully saturated rings. The third kappa shape index (κ3) is 5.22. The van der Waals surface area contributed by atoms with E-state index in [-0.39, 0.29) is 5.91 Å². The van der Waals surface area contributed by atoms with Crippen molar-refractivity contribution in [3.05, 3.63) is 35.5 Å². The highest BCUT2D eigenvalue weighted by Crippen LogP contribution is 2.38. The number of ether oxygens (including phenoxy) is 3. The van der Waals surface area contributed by atoms with Gasteiger partial charge in [0.15, 0.2) is 17.4 Å². The van der Waals surface area contributed by atoms with Crippen molar-refractivity contribution in [2.45, 2.75) is 31.5 Å². The third-order valence-electron chi connectivity index (χ3n) is 8.17. The summed E-state index contributed by atoms with van der Waals surface area (Å²) in [5, 5.41) is 0.438. The number of fused-ring (bicyclic) bond motifs is 1. The lowest BCUT2D eigenvalue weighted by molar-refractivity contribution is -0.169. The zero-order valence-corrected chi connectivity index (χ0v) is 21.7. The molecule has 0 unspecified atom stereocenters. The molecule has 1 spiro atoms. The summed E-state index contributed by atoms with van der Waals surface area (Å²) in [6.07, 6.45) is 5.23. The lowest BCUT2D eigenvalue weighted by Gasteiger charge is -2.40. The second-order valence-corrected chi connectivity index (χ2v) is 10.6. The molecule has 1 aromatic heterocycles. The number of piperidine rings is 1. The summed E-state index contributed by atoms with van der Waals surface area (Å²) < 4.78 is 46.0. The number of anilines is 1. The number of piperazine rings is 1. The van der Waals surface area contributed by atoms with Gasteiger partial charge in [0.1, 0.15) is 13.5 Å². The molecule has 0 aliphatic carbocycles. The van der Waals surface area contributed by atoms with Crippen molar-refractivity contribution in [1.29, 1.82) is 0 Å². The molecule has 0 N–H and O–H groups in total. The fourth-order valence-corrected chi connectivity index (χ4v) is 5.99. The van der Waals surface area contributed by atoms with Crippen LogP contribution < -0.4 is 4.90 Å². The Labute approximate surface area is 221 Å². The minimum Gasteiger partial charge on any atom is -0.370 e. The lowest BCUT2D eigenvalue weighted by atomic mass is 9.99. The number of amides is 1. The quantitative estimate of drug-likeness (QED) is 0.564. The molecule has 9 nitrogen and oxygen atoms in total. The first kappa shape index (κ1) is 25.8. The summed E-state index contributed by atoms with van der Waals surface area (Å²) in [5.74, 6) is -2.65. The van der Waals surface area contributed by atoms with Crippen molar-refractivity contribution >= 4 is 22.5 Å². The van der Waals surface area contributed by atoms with Crippen LogP contribution in [0.15, 0.2) is 18.3 Å². The molecule has 0 atom stereocenters. The van der Waals surface area contributed by atoms with Crippen LogP contribution in [0.4, 0.5) is 14.5 Å². The first-order valence-corrected chi connectivity index (χ1v) is 13.6. The van der Waals surface area contributed by atoms with Gasteiger partial charge in [0, 0.05) is 82.8 Å². The molecule has 4 aliphatic heterocycles. The number of carbonyl (C=O) groups excluding carboxylic acids is 1.